The summed E-state index contributed by atoms with van der Waals surface area (Å²) in [6.07, 6.45) is -6.15. The second-order valence-electron chi connectivity index (χ2n) is 11.1. The number of hydrogen-bond acceptors (Lipinski definition) is 7. The summed E-state index contributed by atoms with van der Waals surface area (Å²) in [4.78, 5) is 37.9. The number of carboxylic acids is 2. The van der Waals surface area contributed by atoms with Crippen molar-refractivity contribution < 1.29 is 55.7 Å². The topological polar surface area (TPSA) is 128 Å². The Kier molecular flexibility index (Phi) is 11.3. The van der Waals surface area contributed by atoms with Crippen LogP contribution < -0.4 is 4.90 Å². The van der Waals surface area contributed by atoms with E-state index in [1.165, 1.54) is 11.1 Å². The first kappa shape index (κ1) is 35.8. The van der Waals surface area contributed by atoms with Gasteiger partial charge >= 0.3 is 24.3 Å². The number of carboxylic acid groups (broad SMARTS) is 2. The lowest BCUT2D eigenvalue weighted by Gasteiger charge is -2.35. The number of rotatable bonds is 3. The number of aromatic nitrogens is 2. The molecule has 0 bridgehead atoms. The quantitative estimate of drug-likeness (QED) is 0.481. The van der Waals surface area contributed by atoms with Gasteiger partial charge in [0, 0.05) is 75.8 Å². The van der Waals surface area contributed by atoms with Gasteiger partial charge in [-0.25, -0.2) is 9.59 Å². The zero-order valence-electron chi connectivity index (χ0n) is 24.9. The SMILES string of the molecule is Cc1nn(C)cc1-c1ccc2c(c1)C1(CCOCC1)CN2C(=O)CN1CCN(C)CC1.O=C(O)C(F)(F)F.O=C(O)C(F)(F)F. The van der Waals surface area contributed by atoms with Crippen molar-refractivity contribution in [1.82, 2.24) is 19.6 Å². The number of fused-ring (bicyclic) bond motifs is 2. The number of anilines is 1. The van der Waals surface area contributed by atoms with Gasteiger partial charge < -0.3 is 24.7 Å². The molecule has 0 radical (unpaired) electrons. The standard InChI is InChI=1S/C24H33N5O2.2C2HF3O2/c1-18-20(15-27(3)25-18)19-4-5-22-21(14-19)24(6-12-31-13-7-24)17-29(22)23(30)16-28-10-8-26(2)9-11-28;2*3-2(4,5)1(6)7/h4-5,14-15H,6-13,16-17H2,1-3H3;2*(H,6,7). The Morgan fingerprint density at radius 2 is 1.47 bits per heavy atom. The second-order valence-corrected chi connectivity index (χ2v) is 11.1. The third-order valence-corrected chi connectivity index (χ3v) is 7.83. The summed E-state index contributed by atoms with van der Waals surface area (Å²) in [5.74, 6) is -5.29. The van der Waals surface area contributed by atoms with Crippen molar-refractivity contribution in [2.45, 2.75) is 37.5 Å². The van der Waals surface area contributed by atoms with E-state index in [9.17, 15) is 31.1 Å². The summed E-state index contributed by atoms with van der Waals surface area (Å²) in [7, 11) is 4.11. The second kappa shape index (κ2) is 14.2. The Bertz CT molecular complexity index is 1340. The van der Waals surface area contributed by atoms with Crippen LogP contribution in [0.5, 0.6) is 0 Å². The van der Waals surface area contributed by atoms with Crippen LogP contribution in [0.3, 0.4) is 0 Å². The fourth-order valence-corrected chi connectivity index (χ4v) is 5.41. The molecule has 1 spiro atoms. The number of carbonyl (C=O) groups excluding carboxylic acids is 1. The minimum absolute atomic E-state index is 0.00250. The summed E-state index contributed by atoms with van der Waals surface area (Å²) < 4.78 is 71.0. The molecule has 0 aliphatic carbocycles. The van der Waals surface area contributed by atoms with Gasteiger partial charge in [0.25, 0.3) is 0 Å². The number of piperazine rings is 1. The van der Waals surface area contributed by atoms with Crippen LogP contribution >= 0.6 is 0 Å². The van der Waals surface area contributed by atoms with Crippen LogP contribution in [0.25, 0.3) is 11.1 Å². The van der Waals surface area contributed by atoms with E-state index in [0.717, 1.165) is 75.7 Å². The van der Waals surface area contributed by atoms with Gasteiger partial charge in [0.2, 0.25) is 5.91 Å². The van der Waals surface area contributed by atoms with Gasteiger partial charge in [-0.15, -0.1) is 0 Å². The lowest BCUT2D eigenvalue weighted by Crippen LogP contribution is -2.49. The number of carbonyl (C=O) groups is 3. The van der Waals surface area contributed by atoms with E-state index < -0.39 is 24.3 Å². The summed E-state index contributed by atoms with van der Waals surface area (Å²) in [6.45, 7) is 8.82. The Balaban J connectivity index is 0.000000331. The van der Waals surface area contributed by atoms with E-state index in [2.05, 4.69) is 58.2 Å². The summed E-state index contributed by atoms with van der Waals surface area (Å²) in [6, 6.07) is 6.62. The van der Waals surface area contributed by atoms with E-state index in [1.54, 1.807) is 0 Å². The minimum Gasteiger partial charge on any atom is -0.475 e. The molecule has 0 atom stereocenters. The lowest BCUT2D eigenvalue weighted by molar-refractivity contribution is -0.193. The average Bonchev–Trinajstić information content (AvgIpc) is 3.45. The van der Waals surface area contributed by atoms with Crippen LogP contribution in [-0.2, 0) is 31.6 Å². The molecule has 2 N–H and O–H groups in total. The van der Waals surface area contributed by atoms with Crippen molar-refractivity contribution in [3.63, 3.8) is 0 Å². The minimum atomic E-state index is -5.08. The summed E-state index contributed by atoms with van der Waals surface area (Å²) in [5.41, 5.74) is 5.77. The molecule has 2 aromatic rings. The Morgan fingerprint density at radius 1 is 0.933 bits per heavy atom. The highest BCUT2D eigenvalue weighted by atomic mass is 19.4. The van der Waals surface area contributed by atoms with Crippen molar-refractivity contribution in [2.75, 3.05) is 64.4 Å². The lowest BCUT2D eigenvalue weighted by atomic mass is 9.75. The van der Waals surface area contributed by atoms with Gasteiger partial charge in [-0.1, -0.05) is 6.07 Å². The predicted molar refractivity (Wildman–Crippen MR) is 149 cm³/mol. The number of likely N-dealkylation sites (N-methyl/N-ethyl adjacent to an activating group) is 1. The van der Waals surface area contributed by atoms with Gasteiger partial charge in [0.05, 0.1) is 12.2 Å². The zero-order valence-corrected chi connectivity index (χ0v) is 24.9. The number of aryl methyl sites for hydroxylation is 2. The van der Waals surface area contributed by atoms with E-state index >= 15 is 0 Å². The van der Waals surface area contributed by atoms with E-state index in [4.69, 9.17) is 24.5 Å². The Hall–Kier alpha value is -3.70. The molecule has 0 unspecified atom stereocenters. The third-order valence-electron chi connectivity index (χ3n) is 7.83. The van der Waals surface area contributed by atoms with Crippen LogP contribution in [0.4, 0.5) is 32.0 Å². The fourth-order valence-electron chi connectivity index (χ4n) is 5.41. The molecule has 1 aromatic heterocycles. The highest BCUT2D eigenvalue weighted by molar-refractivity contribution is 5.98. The van der Waals surface area contributed by atoms with E-state index in [0.29, 0.717) is 6.54 Å². The molecule has 45 heavy (non-hydrogen) atoms. The highest BCUT2D eigenvalue weighted by Gasteiger charge is 2.46. The number of benzene rings is 1. The smallest absolute Gasteiger partial charge is 0.475 e. The van der Waals surface area contributed by atoms with Gasteiger partial charge in [0.1, 0.15) is 0 Å². The van der Waals surface area contributed by atoms with Crippen molar-refractivity contribution in [3.8, 4) is 11.1 Å². The Labute approximate surface area is 254 Å². The van der Waals surface area contributed by atoms with Crippen LogP contribution in [-0.4, -0.2) is 120 Å². The number of hydrogen-bond donors (Lipinski definition) is 2. The summed E-state index contributed by atoms with van der Waals surface area (Å²) in [5, 5.41) is 18.8. The molecule has 5 rings (SSSR count). The molecular weight excluding hydrogens is 616 g/mol. The molecule has 1 aromatic carbocycles. The third kappa shape index (κ3) is 9.17. The molecule has 3 aliphatic rings. The number of amides is 1. The van der Waals surface area contributed by atoms with Crippen LogP contribution in [0.2, 0.25) is 0 Å². The van der Waals surface area contributed by atoms with Crippen LogP contribution in [0.15, 0.2) is 24.4 Å². The zero-order chi connectivity index (χ0) is 33.7. The monoisotopic (exact) mass is 651 g/mol. The normalized spacial score (nSPS) is 18.4. The largest absolute Gasteiger partial charge is 0.490 e. The molecule has 2 fully saturated rings. The Morgan fingerprint density at radius 3 is 1.93 bits per heavy atom. The summed E-state index contributed by atoms with van der Waals surface area (Å²) >= 11 is 0. The van der Waals surface area contributed by atoms with Gasteiger partial charge in [-0.3, -0.25) is 14.4 Å². The van der Waals surface area contributed by atoms with Crippen molar-refractivity contribution in [2.24, 2.45) is 7.05 Å². The van der Waals surface area contributed by atoms with Crippen molar-refractivity contribution >= 4 is 23.5 Å². The van der Waals surface area contributed by atoms with Crippen LogP contribution in [0, 0.1) is 6.92 Å². The molecule has 2 saturated heterocycles. The number of nitrogens with zero attached hydrogens (tertiary/aromatic N) is 5. The molecular formula is C28H35F6N5O6. The highest BCUT2D eigenvalue weighted by Crippen LogP contribution is 2.48. The van der Waals surface area contributed by atoms with Gasteiger partial charge in [-0.2, -0.15) is 31.4 Å². The first-order valence-electron chi connectivity index (χ1n) is 13.9. The maximum atomic E-state index is 13.4. The predicted octanol–water partition coefficient (Wildman–Crippen LogP) is 3.30. The number of ether oxygens (including phenoxy) is 1. The number of aliphatic carboxylic acids is 2. The van der Waals surface area contributed by atoms with E-state index in [1.807, 2.05) is 11.7 Å². The maximum Gasteiger partial charge on any atom is 0.490 e. The number of halogens is 6. The van der Waals surface area contributed by atoms with Gasteiger partial charge in [-0.05, 0) is 50.1 Å². The first-order valence-corrected chi connectivity index (χ1v) is 13.9. The molecule has 250 valence electrons. The fraction of sp³-hybridized carbons (Fsp3) is 0.571. The molecule has 17 heteroatoms. The molecule has 1 amide bonds. The van der Waals surface area contributed by atoms with Crippen molar-refractivity contribution in [1.29, 1.82) is 0 Å². The molecule has 0 saturated carbocycles. The van der Waals surface area contributed by atoms with Crippen LogP contribution in [0.1, 0.15) is 24.1 Å². The molecule has 3 aliphatic heterocycles. The van der Waals surface area contributed by atoms with Crippen molar-refractivity contribution in [3.05, 3.63) is 35.7 Å². The average molecular weight is 652 g/mol. The molecule has 4 heterocycles. The van der Waals surface area contributed by atoms with E-state index in [-0.39, 0.29) is 11.3 Å². The molecule has 11 nitrogen and oxygen atoms in total. The van der Waals surface area contributed by atoms with Gasteiger partial charge in [0.15, 0.2) is 0 Å². The number of alkyl halides is 6. The first-order chi connectivity index (χ1) is 20.8. The maximum absolute atomic E-state index is 13.4.